The van der Waals surface area contributed by atoms with Crippen LogP contribution in [-0.2, 0) is 19.4 Å². The van der Waals surface area contributed by atoms with Crippen LogP contribution in [0.2, 0.25) is 0 Å². The molecule has 1 N–H and O–H groups in total. The van der Waals surface area contributed by atoms with Crippen LogP contribution in [0.5, 0.6) is 0 Å². The molecule has 0 bridgehead atoms. The van der Waals surface area contributed by atoms with E-state index in [0.29, 0.717) is 5.92 Å². The molecule has 0 unspecified atom stereocenters. The molecule has 1 aliphatic carbocycles. The minimum Gasteiger partial charge on any atom is -0.313 e. The normalized spacial score (nSPS) is 14.2. The average Bonchev–Trinajstić information content (AvgIpc) is 2.90. The number of aromatic nitrogens is 1. The molecule has 0 aliphatic heterocycles. The standard InChI is InChI=1S/C18H24N2/c1-4-19-11-16-14-8-6-10-17(14)20-18-13(12(2)3)7-5-9-15(16)18/h5,7,9,12,19H,4,6,8,10-11H2,1-3H3. The third kappa shape index (κ3) is 2.22. The molecule has 106 valence electrons. The number of rotatable bonds is 4. The van der Waals surface area contributed by atoms with Gasteiger partial charge in [0.2, 0.25) is 0 Å². The summed E-state index contributed by atoms with van der Waals surface area (Å²) in [5, 5.41) is 4.87. The van der Waals surface area contributed by atoms with E-state index in [0.717, 1.165) is 19.5 Å². The second-order valence-corrected chi connectivity index (χ2v) is 6.05. The molecule has 2 aromatic rings. The highest BCUT2D eigenvalue weighted by Gasteiger charge is 2.20. The van der Waals surface area contributed by atoms with Crippen molar-refractivity contribution in [1.82, 2.24) is 10.3 Å². The zero-order valence-corrected chi connectivity index (χ0v) is 12.8. The summed E-state index contributed by atoms with van der Waals surface area (Å²) < 4.78 is 0. The zero-order chi connectivity index (χ0) is 14.1. The van der Waals surface area contributed by atoms with Gasteiger partial charge in [-0.2, -0.15) is 0 Å². The molecule has 0 spiro atoms. The molecule has 1 aromatic carbocycles. The van der Waals surface area contributed by atoms with Crippen LogP contribution in [0.25, 0.3) is 10.9 Å². The van der Waals surface area contributed by atoms with Crippen LogP contribution >= 0.6 is 0 Å². The average molecular weight is 268 g/mol. The summed E-state index contributed by atoms with van der Waals surface area (Å²) in [6.45, 7) is 8.67. The summed E-state index contributed by atoms with van der Waals surface area (Å²) in [6.07, 6.45) is 3.61. The quantitative estimate of drug-likeness (QED) is 0.908. The fourth-order valence-corrected chi connectivity index (χ4v) is 3.32. The number of para-hydroxylation sites is 1. The van der Waals surface area contributed by atoms with Crippen molar-refractivity contribution < 1.29 is 0 Å². The molecule has 0 radical (unpaired) electrons. The van der Waals surface area contributed by atoms with Gasteiger partial charge in [0.25, 0.3) is 0 Å². The summed E-state index contributed by atoms with van der Waals surface area (Å²) in [7, 11) is 0. The minimum atomic E-state index is 0.526. The zero-order valence-electron chi connectivity index (χ0n) is 12.8. The molecule has 0 fully saturated rings. The van der Waals surface area contributed by atoms with E-state index in [9.17, 15) is 0 Å². The predicted octanol–water partition coefficient (Wildman–Crippen LogP) is 3.96. The van der Waals surface area contributed by atoms with Gasteiger partial charge in [-0.3, -0.25) is 4.98 Å². The molecule has 3 rings (SSSR count). The van der Waals surface area contributed by atoms with Crippen molar-refractivity contribution in [3.05, 3.63) is 40.6 Å². The second-order valence-electron chi connectivity index (χ2n) is 6.05. The number of pyridine rings is 1. The van der Waals surface area contributed by atoms with Gasteiger partial charge in [-0.15, -0.1) is 0 Å². The van der Waals surface area contributed by atoms with Gasteiger partial charge in [-0.05, 0) is 48.4 Å². The Labute approximate surface area is 121 Å². The fraction of sp³-hybridized carbons (Fsp3) is 0.500. The van der Waals surface area contributed by atoms with Gasteiger partial charge in [0, 0.05) is 17.6 Å². The Hall–Kier alpha value is -1.41. The van der Waals surface area contributed by atoms with Crippen molar-refractivity contribution in [2.24, 2.45) is 0 Å². The van der Waals surface area contributed by atoms with Crippen molar-refractivity contribution >= 4 is 10.9 Å². The van der Waals surface area contributed by atoms with E-state index in [-0.39, 0.29) is 0 Å². The number of fused-ring (bicyclic) bond motifs is 2. The highest BCUT2D eigenvalue weighted by Crippen LogP contribution is 2.33. The van der Waals surface area contributed by atoms with Gasteiger partial charge in [0.15, 0.2) is 0 Å². The van der Waals surface area contributed by atoms with Crippen LogP contribution < -0.4 is 5.32 Å². The lowest BCUT2D eigenvalue weighted by Gasteiger charge is -2.16. The van der Waals surface area contributed by atoms with Crippen LogP contribution in [0.3, 0.4) is 0 Å². The van der Waals surface area contributed by atoms with Crippen LogP contribution in [-0.4, -0.2) is 11.5 Å². The smallest absolute Gasteiger partial charge is 0.0743 e. The maximum Gasteiger partial charge on any atom is 0.0743 e. The number of hydrogen-bond acceptors (Lipinski definition) is 2. The number of nitrogens with one attached hydrogen (secondary N) is 1. The Kier molecular flexibility index (Phi) is 3.75. The maximum absolute atomic E-state index is 5.02. The van der Waals surface area contributed by atoms with Crippen molar-refractivity contribution in [3.63, 3.8) is 0 Å². The Bertz CT molecular complexity index is 629. The van der Waals surface area contributed by atoms with Gasteiger partial charge >= 0.3 is 0 Å². The molecular weight excluding hydrogens is 244 g/mol. The molecular formula is C18H24N2. The Morgan fingerprint density at radius 3 is 2.85 bits per heavy atom. The van der Waals surface area contributed by atoms with Gasteiger partial charge in [-0.25, -0.2) is 0 Å². The Morgan fingerprint density at radius 1 is 1.25 bits per heavy atom. The van der Waals surface area contributed by atoms with E-state index >= 15 is 0 Å². The van der Waals surface area contributed by atoms with Crippen molar-refractivity contribution in [2.45, 2.75) is 52.5 Å². The third-order valence-corrected chi connectivity index (χ3v) is 4.37. The van der Waals surface area contributed by atoms with Crippen LogP contribution in [0.4, 0.5) is 0 Å². The minimum absolute atomic E-state index is 0.526. The van der Waals surface area contributed by atoms with Gasteiger partial charge < -0.3 is 5.32 Å². The van der Waals surface area contributed by atoms with Gasteiger partial charge in [-0.1, -0.05) is 39.0 Å². The van der Waals surface area contributed by atoms with E-state index in [4.69, 9.17) is 4.98 Å². The van der Waals surface area contributed by atoms with Crippen LogP contribution in [0.15, 0.2) is 18.2 Å². The number of nitrogens with zero attached hydrogens (tertiary/aromatic N) is 1. The SMILES string of the molecule is CCNCc1c2c(nc3c(C(C)C)cccc13)CCC2. The van der Waals surface area contributed by atoms with Crippen LogP contribution in [0, 0.1) is 0 Å². The van der Waals surface area contributed by atoms with E-state index in [1.165, 1.54) is 46.1 Å². The van der Waals surface area contributed by atoms with E-state index in [2.05, 4.69) is 44.3 Å². The molecule has 1 aromatic heterocycles. The Balaban J connectivity index is 2.25. The van der Waals surface area contributed by atoms with Crippen LogP contribution in [0.1, 0.15) is 55.5 Å². The van der Waals surface area contributed by atoms with Crippen molar-refractivity contribution in [1.29, 1.82) is 0 Å². The fourth-order valence-electron chi connectivity index (χ4n) is 3.32. The lowest BCUT2D eigenvalue weighted by Crippen LogP contribution is -2.14. The summed E-state index contributed by atoms with van der Waals surface area (Å²) >= 11 is 0. The molecule has 20 heavy (non-hydrogen) atoms. The first-order chi connectivity index (χ1) is 9.72. The van der Waals surface area contributed by atoms with Crippen molar-refractivity contribution in [2.75, 3.05) is 6.54 Å². The highest BCUT2D eigenvalue weighted by atomic mass is 14.8. The first-order valence-corrected chi connectivity index (χ1v) is 7.86. The molecule has 0 saturated carbocycles. The lowest BCUT2D eigenvalue weighted by molar-refractivity contribution is 0.724. The molecule has 0 atom stereocenters. The molecule has 0 saturated heterocycles. The summed E-state index contributed by atoms with van der Waals surface area (Å²) in [4.78, 5) is 5.02. The second kappa shape index (κ2) is 5.53. The molecule has 1 aliphatic rings. The topological polar surface area (TPSA) is 24.9 Å². The first-order valence-electron chi connectivity index (χ1n) is 7.86. The summed E-state index contributed by atoms with van der Waals surface area (Å²) in [5.41, 5.74) is 6.97. The Morgan fingerprint density at radius 2 is 2.10 bits per heavy atom. The van der Waals surface area contributed by atoms with Crippen molar-refractivity contribution in [3.8, 4) is 0 Å². The van der Waals surface area contributed by atoms with E-state index in [1.807, 2.05) is 0 Å². The molecule has 0 amide bonds. The predicted molar refractivity (Wildman–Crippen MR) is 85.2 cm³/mol. The molecule has 2 nitrogen and oxygen atoms in total. The highest BCUT2D eigenvalue weighted by molar-refractivity contribution is 5.87. The van der Waals surface area contributed by atoms with Gasteiger partial charge in [0.05, 0.1) is 5.52 Å². The third-order valence-electron chi connectivity index (χ3n) is 4.37. The number of hydrogen-bond donors (Lipinski definition) is 1. The number of aryl methyl sites for hydroxylation is 1. The number of benzene rings is 1. The lowest BCUT2D eigenvalue weighted by atomic mass is 9.94. The molecule has 1 heterocycles. The molecule has 2 heteroatoms. The first kappa shape index (κ1) is 13.6. The maximum atomic E-state index is 5.02. The summed E-state index contributed by atoms with van der Waals surface area (Å²) in [6, 6.07) is 6.67. The summed E-state index contributed by atoms with van der Waals surface area (Å²) in [5.74, 6) is 0.526. The monoisotopic (exact) mass is 268 g/mol. The van der Waals surface area contributed by atoms with E-state index in [1.54, 1.807) is 0 Å². The van der Waals surface area contributed by atoms with E-state index < -0.39 is 0 Å². The largest absolute Gasteiger partial charge is 0.313 e. The van der Waals surface area contributed by atoms with Gasteiger partial charge in [0.1, 0.15) is 0 Å².